The second-order valence-electron chi connectivity index (χ2n) is 4.49. The van der Waals surface area contributed by atoms with Gasteiger partial charge in [0.25, 0.3) is 0 Å². The van der Waals surface area contributed by atoms with Crippen LogP contribution in [0.5, 0.6) is 0 Å². The third-order valence-electron chi connectivity index (χ3n) is 3.23. The fourth-order valence-electron chi connectivity index (χ4n) is 2.23. The maximum atomic E-state index is 10.6. The van der Waals surface area contributed by atoms with Crippen molar-refractivity contribution in [1.82, 2.24) is 4.98 Å². The highest BCUT2D eigenvalue weighted by atomic mass is 35.5. The molecule has 0 aliphatic rings. The van der Waals surface area contributed by atoms with Gasteiger partial charge in [-0.05, 0) is 35.4 Å². The first-order valence-electron chi connectivity index (χ1n) is 6.13. The Labute approximate surface area is 126 Å². The Balaban J connectivity index is 2.12. The van der Waals surface area contributed by atoms with Gasteiger partial charge in [-0.3, -0.25) is 4.98 Å². The summed E-state index contributed by atoms with van der Waals surface area (Å²) in [7, 11) is 0. The van der Waals surface area contributed by atoms with Crippen molar-refractivity contribution in [2.24, 2.45) is 0 Å². The van der Waals surface area contributed by atoms with Gasteiger partial charge >= 0.3 is 0 Å². The van der Waals surface area contributed by atoms with Gasteiger partial charge in [-0.1, -0.05) is 47.5 Å². The van der Waals surface area contributed by atoms with E-state index in [1.54, 1.807) is 24.4 Å². The zero-order valence-electron chi connectivity index (χ0n) is 10.4. The molecule has 4 heteroatoms. The number of hydrogen-bond acceptors (Lipinski definition) is 2. The number of rotatable bonds is 2. The van der Waals surface area contributed by atoms with Crippen molar-refractivity contribution in [3.8, 4) is 0 Å². The van der Waals surface area contributed by atoms with Crippen LogP contribution in [0.3, 0.4) is 0 Å². The Morgan fingerprint density at radius 3 is 2.60 bits per heavy atom. The van der Waals surface area contributed by atoms with Gasteiger partial charge in [-0.2, -0.15) is 0 Å². The Morgan fingerprint density at radius 2 is 1.80 bits per heavy atom. The first-order valence-corrected chi connectivity index (χ1v) is 6.89. The van der Waals surface area contributed by atoms with E-state index in [9.17, 15) is 5.11 Å². The van der Waals surface area contributed by atoms with Crippen LogP contribution >= 0.6 is 23.2 Å². The normalized spacial score (nSPS) is 12.6. The van der Waals surface area contributed by atoms with E-state index in [-0.39, 0.29) is 0 Å². The monoisotopic (exact) mass is 303 g/mol. The Kier molecular flexibility index (Phi) is 3.62. The average Bonchev–Trinajstić information content (AvgIpc) is 2.49. The third-order valence-corrected chi connectivity index (χ3v) is 3.97. The molecule has 1 unspecified atom stereocenters. The molecule has 3 rings (SSSR count). The summed E-state index contributed by atoms with van der Waals surface area (Å²) in [5, 5.41) is 12.4. The Hall–Kier alpha value is -1.61. The lowest BCUT2D eigenvalue weighted by molar-refractivity contribution is 0.222. The zero-order valence-corrected chi connectivity index (χ0v) is 11.9. The molecule has 0 aliphatic heterocycles. The number of aliphatic hydroxyl groups excluding tert-OH is 1. The van der Waals surface area contributed by atoms with E-state index in [0.717, 1.165) is 16.5 Å². The SMILES string of the molecule is OC(c1ccc(Cl)c(Cl)c1)c1cccc2ncccc12. The number of pyridine rings is 1. The molecule has 0 amide bonds. The lowest BCUT2D eigenvalue weighted by atomic mass is 9.98. The number of aliphatic hydroxyl groups is 1. The van der Waals surface area contributed by atoms with E-state index < -0.39 is 6.10 Å². The fraction of sp³-hybridized carbons (Fsp3) is 0.0625. The molecule has 0 spiro atoms. The molecule has 0 saturated carbocycles. The smallest absolute Gasteiger partial charge is 0.105 e. The molecule has 1 heterocycles. The predicted octanol–water partition coefficient (Wildman–Crippen LogP) is 4.62. The molecule has 2 nitrogen and oxygen atoms in total. The minimum absolute atomic E-state index is 0.432. The van der Waals surface area contributed by atoms with Crippen molar-refractivity contribution >= 4 is 34.1 Å². The second kappa shape index (κ2) is 5.41. The van der Waals surface area contributed by atoms with Crippen LogP contribution in [0.1, 0.15) is 17.2 Å². The minimum Gasteiger partial charge on any atom is -0.384 e. The molecule has 0 radical (unpaired) electrons. The van der Waals surface area contributed by atoms with Gasteiger partial charge in [0.2, 0.25) is 0 Å². The van der Waals surface area contributed by atoms with Crippen LogP contribution in [0.25, 0.3) is 10.9 Å². The highest BCUT2D eigenvalue weighted by Crippen LogP contribution is 2.31. The topological polar surface area (TPSA) is 33.1 Å². The maximum absolute atomic E-state index is 10.6. The summed E-state index contributed by atoms with van der Waals surface area (Å²) in [4.78, 5) is 4.29. The molecule has 3 aromatic rings. The summed E-state index contributed by atoms with van der Waals surface area (Å²) in [5.41, 5.74) is 2.36. The summed E-state index contributed by atoms with van der Waals surface area (Å²) in [6.07, 6.45) is 0.968. The molecule has 0 aliphatic carbocycles. The fourth-order valence-corrected chi connectivity index (χ4v) is 2.53. The van der Waals surface area contributed by atoms with Crippen LogP contribution < -0.4 is 0 Å². The highest BCUT2D eigenvalue weighted by molar-refractivity contribution is 6.42. The van der Waals surface area contributed by atoms with Gasteiger partial charge in [0.15, 0.2) is 0 Å². The Morgan fingerprint density at radius 1 is 0.950 bits per heavy atom. The summed E-state index contributed by atoms with van der Waals surface area (Å²) in [6.45, 7) is 0. The first-order chi connectivity index (χ1) is 9.66. The molecule has 1 atom stereocenters. The van der Waals surface area contributed by atoms with Gasteiger partial charge in [0, 0.05) is 11.6 Å². The van der Waals surface area contributed by atoms with E-state index in [1.807, 2.05) is 30.3 Å². The summed E-state index contributed by atoms with van der Waals surface area (Å²) >= 11 is 11.9. The van der Waals surface area contributed by atoms with Gasteiger partial charge < -0.3 is 5.11 Å². The molecular weight excluding hydrogens is 293 g/mol. The summed E-state index contributed by atoms with van der Waals surface area (Å²) in [6, 6.07) is 14.6. The number of fused-ring (bicyclic) bond motifs is 1. The van der Waals surface area contributed by atoms with Crippen molar-refractivity contribution in [3.63, 3.8) is 0 Å². The molecule has 0 saturated heterocycles. The first kappa shape index (κ1) is 13.4. The molecule has 0 fully saturated rings. The van der Waals surface area contributed by atoms with Crippen molar-refractivity contribution in [2.75, 3.05) is 0 Å². The summed E-state index contributed by atoms with van der Waals surface area (Å²) < 4.78 is 0. The third kappa shape index (κ3) is 2.38. The van der Waals surface area contributed by atoms with Crippen LogP contribution in [-0.4, -0.2) is 10.1 Å². The molecule has 20 heavy (non-hydrogen) atoms. The van der Waals surface area contributed by atoms with Crippen LogP contribution in [0.15, 0.2) is 54.7 Å². The van der Waals surface area contributed by atoms with E-state index >= 15 is 0 Å². The predicted molar refractivity (Wildman–Crippen MR) is 82.3 cm³/mol. The van der Waals surface area contributed by atoms with Gasteiger partial charge in [0.1, 0.15) is 6.10 Å². The van der Waals surface area contributed by atoms with Gasteiger partial charge in [0.05, 0.1) is 15.6 Å². The molecule has 2 aromatic carbocycles. The number of hydrogen-bond donors (Lipinski definition) is 1. The Bertz CT molecular complexity index is 768. The van der Waals surface area contributed by atoms with Gasteiger partial charge in [-0.25, -0.2) is 0 Å². The maximum Gasteiger partial charge on any atom is 0.105 e. The lowest BCUT2D eigenvalue weighted by Crippen LogP contribution is -2.01. The minimum atomic E-state index is -0.766. The molecule has 100 valence electrons. The second-order valence-corrected chi connectivity index (χ2v) is 5.31. The number of halogens is 2. The van der Waals surface area contributed by atoms with Crippen molar-refractivity contribution in [3.05, 3.63) is 75.9 Å². The van der Waals surface area contributed by atoms with E-state index in [2.05, 4.69) is 4.98 Å². The molecule has 1 N–H and O–H groups in total. The van der Waals surface area contributed by atoms with Crippen LogP contribution in [0.4, 0.5) is 0 Å². The van der Waals surface area contributed by atoms with Crippen LogP contribution in [-0.2, 0) is 0 Å². The molecule has 0 bridgehead atoms. The number of benzene rings is 2. The van der Waals surface area contributed by atoms with Gasteiger partial charge in [-0.15, -0.1) is 0 Å². The van der Waals surface area contributed by atoms with Crippen LogP contribution in [0, 0.1) is 0 Å². The largest absolute Gasteiger partial charge is 0.384 e. The van der Waals surface area contributed by atoms with Crippen molar-refractivity contribution < 1.29 is 5.11 Å². The lowest BCUT2D eigenvalue weighted by Gasteiger charge is -2.14. The molecular formula is C16H11Cl2NO. The zero-order chi connectivity index (χ0) is 14.1. The standard InChI is InChI=1S/C16H11Cl2NO/c17-13-7-6-10(9-14(13)18)16(20)12-3-1-5-15-11(12)4-2-8-19-15/h1-9,16,20H. The summed E-state index contributed by atoms with van der Waals surface area (Å²) in [5.74, 6) is 0. The van der Waals surface area contributed by atoms with E-state index in [1.165, 1.54) is 0 Å². The average molecular weight is 304 g/mol. The number of nitrogens with zero attached hydrogens (tertiary/aromatic N) is 1. The quantitative estimate of drug-likeness (QED) is 0.749. The van der Waals surface area contributed by atoms with E-state index in [0.29, 0.717) is 15.6 Å². The van der Waals surface area contributed by atoms with E-state index in [4.69, 9.17) is 23.2 Å². The van der Waals surface area contributed by atoms with Crippen molar-refractivity contribution in [2.45, 2.75) is 6.10 Å². The van der Waals surface area contributed by atoms with Crippen molar-refractivity contribution in [1.29, 1.82) is 0 Å². The van der Waals surface area contributed by atoms with Crippen LogP contribution in [0.2, 0.25) is 10.0 Å². The highest BCUT2D eigenvalue weighted by Gasteiger charge is 2.14. The number of aromatic nitrogens is 1. The molecule has 1 aromatic heterocycles.